The molecule has 0 aliphatic rings. The van der Waals surface area contributed by atoms with Gasteiger partial charge in [0.1, 0.15) is 0 Å². The number of nitro groups is 1. The first-order chi connectivity index (χ1) is 8.06. The summed E-state index contributed by atoms with van der Waals surface area (Å²) in [6.45, 7) is 0.881. The van der Waals surface area contributed by atoms with Crippen LogP contribution < -0.4 is 10.1 Å². The lowest BCUT2D eigenvalue weighted by atomic mass is 10.3. The maximum absolute atomic E-state index is 13.3. The van der Waals surface area contributed by atoms with Crippen molar-refractivity contribution < 1.29 is 18.4 Å². The van der Waals surface area contributed by atoms with Crippen LogP contribution in [0, 0.1) is 21.7 Å². The van der Waals surface area contributed by atoms with Crippen molar-refractivity contribution in [3.05, 3.63) is 33.9 Å². The summed E-state index contributed by atoms with van der Waals surface area (Å²) in [6.07, 6.45) is 0.620. The molecule has 1 aromatic rings. The fraction of sp³-hybridized carbons (Fsp3) is 0.400. The van der Waals surface area contributed by atoms with Gasteiger partial charge >= 0.3 is 5.69 Å². The number of rotatable bonds is 6. The summed E-state index contributed by atoms with van der Waals surface area (Å²) in [4.78, 5) is 9.35. The van der Waals surface area contributed by atoms with E-state index in [0.29, 0.717) is 25.1 Å². The summed E-state index contributed by atoms with van der Waals surface area (Å²) in [5.74, 6) is -2.37. The van der Waals surface area contributed by atoms with E-state index in [1.165, 1.54) is 0 Å². The number of ether oxygens (including phenoxy) is 1. The number of hydrogen-bond donors (Lipinski definition) is 1. The number of hydrogen-bond acceptors (Lipinski definition) is 4. The minimum atomic E-state index is -1.11. The zero-order chi connectivity index (χ0) is 12.8. The zero-order valence-corrected chi connectivity index (χ0v) is 9.20. The summed E-state index contributed by atoms with van der Waals surface area (Å²) in [5, 5.41) is 13.2. The van der Waals surface area contributed by atoms with E-state index in [1.54, 1.807) is 7.05 Å². The molecule has 0 unspecified atom stereocenters. The highest BCUT2D eigenvalue weighted by Crippen LogP contribution is 2.26. The summed E-state index contributed by atoms with van der Waals surface area (Å²) in [7, 11) is 1.76. The molecule has 0 radical (unpaired) electrons. The molecule has 1 aromatic carbocycles. The molecule has 7 heteroatoms. The monoisotopic (exact) mass is 246 g/mol. The lowest BCUT2D eigenvalue weighted by Crippen LogP contribution is -2.12. The van der Waals surface area contributed by atoms with Crippen molar-refractivity contribution in [3.8, 4) is 5.75 Å². The lowest BCUT2D eigenvalue weighted by Gasteiger charge is -2.07. The van der Waals surface area contributed by atoms with E-state index in [2.05, 4.69) is 5.32 Å². The van der Waals surface area contributed by atoms with E-state index in [4.69, 9.17) is 4.74 Å². The summed E-state index contributed by atoms with van der Waals surface area (Å²) < 4.78 is 31.4. The first-order valence-corrected chi connectivity index (χ1v) is 4.97. The Kier molecular flexibility index (Phi) is 4.77. The Balaban J connectivity index is 2.74. The van der Waals surface area contributed by atoms with Gasteiger partial charge in [0, 0.05) is 6.07 Å². The molecule has 1 N–H and O–H groups in total. The van der Waals surface area contributed by atoms with Crippen molar-refractivity contribution in [1.82, 2.24) is 5.32 Å². The average molecular weight is 246 g/mol. The van der Waals surface area contributed by atoms with Crippen molar-refractivity contribution in [2.45, 2.75) is 6.42 Å². The molecule has 0 spiro atoms. The molecular weight excluding hydrogens is 234 g/mol. The topological polar surface area (TPSA) is 64.4 Å². The van der Waals surface area contributed by atoms with Crippen LogP contribution in [0.5, 0.6) is 5.75 Å². The van der Waals surface area contributed by atoms with Crippen molar-refractivity contribution in [2.75, 3.05) is 20.2 Å². The van der Waals surface area contributed by atoms with E-state index in [9.17, 15) is 18.9 Å². The molecular formula is C10H12F2N2O3. The highest BCUT2D eigenvalue weighted by Gasteiger charge is 2.19. The van der Waals surface area contributed by atoms with Gasteiger partial charge in [-0.15, -0.1) is 0 Å². The van der Waals surface area contributed by atoms with Crippen molar-refractivity contribution in [1.29, 1.82) is 0 Å². The minimum absolute atomic E-state index is 0.203. The van der Waals surface area contributed by atoms with Gasteiger partial charge in [-0.3, -0.25) is 10.1 Å². The van der Waals surface area contributed by atoms with Gasteiger partial charge in [0.15, 0.2) is 11.6 Å². The molecule has 17 heavy (non-hydrogen) atoms. The molecule has 0 amide bonds. The number of nitro benzene ring substituents is 1. The van der Waals surface area contributed by atoms with Gasteiger partial charge in [-0.25, -0.2) is 4.39 Å². The van der Waals surface area contributed by atoms with Crippen LogP contribution in [0.15, 0.2) is 12.1 Å². The second-order valence-corrected chi connectivity index (χ2v) is 3.30. The summed E-state index contributed by atoms with van der Waals surface area (Å²) >= 11 is 0. The van der Waals surface area contributed by atoms with Crippen LogP contribution in [0.3, 0.4) is 0 Å². The standard InChI is InChI=1S/C10H12F2N2O3/c1-13-3-2-4-17-10-6-7(11)9(14(15)16)5-8(10)12/h5-6,13H,2-4H2,1H3. The second kappa shape index (κ2) is 6.09. The Labute approximate surface area is 96.5 Å². The fourth-order valence-corrected chi connectivity index (χ4v) is 1.20. The van der Waals surface area contributed by atoms with E-state index in [0.717, 1.165) is 0 Å². The third-order valence-electron chi connectivity index (χ3n) is 2.03. The molecule has 0 saturated heterocycles. The van der Waals surface area contributed by atoms with Gasteiger partial charge in [-0.2, -0.15) is 4.39 Å². The van der Waals surface area contributed by atoms with Gasteiger partial charge in [0.05, 0.1) is 17.6 Å². The molecule has 0 aromatic heterocycles. The number of halogens is 2. The highest BCUT2D eigenvalue weighted by molar-refractivity contribution is 5.39. The SMILES string of the molecule is CNCCCOc1cc(F)c([N+](=O)[O-])cc1F. The molecule has 0 atom stereocenters. The third-order valence-corrected chi connectivity index (χ3v) is 2.03. The number of benzene rings is 1. The minimum Gasteiger partial charge on any atom is -0.490 e. The quantitative estimate of drug-likeness (QED) is 0.472. The van der Waals surface area contributed by atoms with Gasteiger partial charge in [-0.1, -0.05) is 0 Å². The average Bonchev–Trinajstić information content (AvgIpc) is 2.28. The van der Waals surface area contributed by atoms with E-state index in [1.807, 2.05) is 0 Å². The Morgan fingerprint density at radius 1 is 1.41 bits per heavy atom. The van der Waals surface area contributed by atoms with Crippen LogP contribution in [-0.4, -0.2) is 25.1 Å². The number of nitrogens with one attached hydrogen (secondary N) is 1. The second-order valence-electron chi connectivity index (χ2n) is 3.30. The Morgan fingerprint density at radius 2 is 2.12 bits per heavy atom. The summed E-state index contributed by atoms with van der Waals surface area (Å²) in [6, 6.07) is 1.20. The predicted octanol–water partition coefficient (Wildman–Crippen LogP) is 1.86. The molecule has 0 aliphatic carbocycles. The van der Waals surface area contributed by atoms with E-state index >= 15 is 0 Å². The molecule has 1 rings (SSSR count). The third kappa shape index (κ3) is 3.63. The Hall–Kier alpha value is -1.76. The largest absolute Gasteiger partial charge is 0.490 e. The molecule has 94 valence electrons. The van der Waals surface area contributed by atoms with Crippen molar-refractivity contribution >= 4 is 5.69 Å². The molecule has 5 nitrogen and oxygen atoms in total. The van der Waals surface area contributed by atoms with Crippen LogP contribution in [0.2, 0.25) is 0 Å². The molecule has 0 saturated carbocycles. The first-order valence-electron chi connectivity index (χ1n) is 4.97. The van der Waals surface area contributed by atoms with Crippen LogP contribution >= 0.6 is 0 Å². The van der Waals surface area contributed by atoms with Crippen molar-refractivity contribution in [2.24, 2.45) is 0 Å². The highest BCUT2D eigenvalue weighted by atomic mass is 19.1. The predicted molar refractivity (Wildman–Crippen MR) is 57.1 cm³/mol. The normalized spacial score (nSPS) is 10.3. The maximum atomic E-state index is 13.3. The lowest BCUT2D eigenvalue weighted by molar-refractivity contribution is -0.387. The molecule has 0 aliphatic heterocycles. The fourth-order valence-electron chi connectivity index (χ4n) is 1.20. The smallest absolute Gasteiger partial charge is 0.307 e. The first kappa shape index (κ1) is 13.3. The van der Waals surface area contributed by atoms with Crippen LogP contribution in [-0.2, 0) is 0 Å². The van der Waals surface area contributed by atoms with Crippen molar-refractivity contribution in [3.63, 3.8) is 0 Å². The summed E-state index contributed by atoms with van der Waals surface area (Å²) in [5.41, 5.74) is -0.898. The van der Waals surface area contributed by atoms with E-state index < -0.39 is 22.2 Å². The van der Waals surface area contributed by atoms with E-state index in [-0.39, 0.29) is 12.4 Å². The molecule has 0 bridgehead atoms. The van der Waals surface area contributed by atoms with Crippen LogP contribution in [0.1, 0.15) is 6.42 Å². The molecule has 0 heterocycles. The van der Waals surface area contributed by atoms with Gasteiger partial charge in [0.25, 0.3) is 0 Å². The van der Waals surface area contributed by atoms with Gasteiger partial charge in [-0.05, 0) is 20.0 Å². The van der Waals surface area contributed by atoms with Crippen LogP contribution in [0.4, 0.5) is 14.5 Å². The Morgan fingerprint density at radius 3 is 2.71 bits per heavy atom. The van der Waals surface area contributed by atoms with Gasteiger partial charge in [0.2, 0.25) is 5.82 Å². The number of nitrogens with zero attached hydrogens (tertiary/aromatic N) is 1. The molecule has 0 fully saturated rings. The Bertz CT molecular complexity index is 413. The zero-order valence-electron chi connectivity index (χ0n) is 9.20. The van der Waals surface area contributed by atoms with Gasteiger partial charge < -0.3 is 10.1 Å². The maximum Gasteiger partial charge on any atom is 0.307 e. The van der Waals surface area contributed by atoms with Crippen LogP contribution in [0.25, 0.3) is 0 Å².